The van der Waals surface area contributed by atoms with Gasteiger partial charge in [-0.25, -0.2) is 0 Å². The Morgan fingerprint density at radius 3 is 2.88 bits per heavy atom. The first-order chi connectivity index (χ1) is 8.15. The minimum absolute atomic E-state index is 0.482. The topological polar surface area (TPSA) is 20.7 Å². The van der Waals surface area contributed by atoms with Crippen LogP contribution in [0.1, 0.15) is 26.2 Å². The lowest BCUT2D eigenvalue weighted by Gasteiger charge is -2.13. The molecule has 0 amide bonds. The lowest BCUT2D eigenvalue weighted by atomic mass is 10.0. The van der Waals surface area contributed by atoms with E-state index in [9.17, 15) is 0 Å². The summed E-state index contributed by atoms with van der Waals surface area (Å²) in [5, 5.41) is 0.744. The Hall–Kier alpha value is -0.800. The molecular weight excluding hydrogens is 252 g/mol. The van der Waals surface area contributed by atoms with Gasteiger partial charge in [-0.15, -0.1) is 0 Å². The molecular formula is C13H15ClN2S. The van der Waals surface area contributed by atoms with Gasteiger partial charge in [0.15, 0.2) is 4.77 Å². The minimum Gasteiger partial charge on any atom is -0.329 e. The van der Waals surface area contributed by atoms with E-state index in [0.29, 0.717) is 5.41 Å². The Balaban J connectivity index is 2.13. The SMILES string of the molecule is CCC1(Cn2c(=S)[nH]c3c(Cl)cccc32)CC1. The molecule has 4 heteroatoms. The van der Waals surface area contributed by atoms with E-state index in [2.05, 4.69) is 22.5 Å². The van der Waals surface area contributed by atoms with Crippen LogP contribution in [-0.4, -0.2) is 9.55 Å². The number of fused-ring (bicyclic) bond motifs is 1. The Kier molecular flexibility index (Phi) is 2.56. The van der Waals surface area contributed by atoms with Crippen molar-refractivity contribution in [2.75, 3.05) is 0 Å². The van der Waals surface area contributed by atoms with Crippen molar-refractivity contribution in [1.29, 1.82) is 0 Å². The van der Waals surface area contributed by atoms with Gasteiger partial charge in [-0.2, -0.15) is 0 Å². The van der Waals surface area contributed by atoms with E-state index >= 15 is 0 Å². The Labute approximate surface area is 111 Å². The van der Waals surface area contributed by atoms with Crippen LogP contribution in [-0.2, 0) is 6.54 Å². The summed E-state index contributed by atoms with van der Waals surface area (Å²) < 4.78 is 2.99. The number of imidazole rings is 1. The van der Waals surface area contributed by atoms with Crippen molar-refractivity contribution >= 4 is 34.9 Å². The summed E-state index contributed by atoms with van der Waals surface area (Å²) in [4.78, 5) is 3.22. The van der Waals surface area contributed by atoms with Crippen LogP contribution in [0.25, 0.3) is 11.0 Å². The number of hydrogen-bond donors (Lipinski definition) is 1. The maximum absolute atomic E-state index is 6.17. The fraction of sp³-hybridized carbons (Fsp3) is 0.462. The van der Waals surface area contributed by atoms with Crippen LogP contribution in [0, 0.1) is 10.2 Å². The molecule has 1 aliphatic carbocycles. The highest BCUT2D eigenvalue weighted by molar-refractivity contribution is 7.71. The zero-order valence-corrected chi connectivity index (χ0v) is 11.4. The normalized spacial score (nSPS) is 17.5. The minimum atomic E-state index is 0.482. The number of aromatic nitrogens is 2. The molecule has 3 rings (SSSR count). The second kappa shape index (κ2) is 3.85. The largest absolute Gasteiger partial charge is 0.329 e. The van der Waals surface area contributed by atoms with E-state index in [0.717, 1.165) is 27.4 Å². The number of rotatable bonds is 3. The van der Waals surface area contributed by atoms with Crippen molar-refractivity contribution < 1.29 is 0 Å². The lowest BCUT2D eigenvalue weighted by Crippen LogP contribution is -2.10. The van der Waals surface area contributed by atoms with Gasteiger partial charge in [0.2, 0.25) is 0 Å². The zero-order valence-electron chi connectivity index (χ0n) is 9.79. The third-order valence-corrected chi connectivity index (χ3v) is 4.60. The van der Waals surface area contributed by atoms with Gasteiger partial charge in [-0.3, -0.25) is 0 Å². The summed E-state index contributed by atoms with van der Waals surface area (Å²) >= 11 is 11.6. The van der Waals surface area contributed by atoms with Crippen LogP contribution in [0.2, 0.25) is 5.02 Å². The average molecular weight is 267 g/mol. The Morgan fingerprint density at radius 1 is 1.47 bits per heavy atom. The van der Waals surface area contributed by atoms with Gasteiger partial charge in [-0.1, -0.05) is 24.6 Å². The summed E-state index contributed by atoms with van der Waals surface area (Å²) in [5.41, 5.74) is 2.57. The number of halogens is 1. The smallest absolute Gasteiger partial charge is 0.178 e. The van der Waals surface area contributed by atoms with E-state index < -0.39 is 0 Å². The number of H-pyrrole nitrogens is 1. The summed E-state index contributed by atoms with van der Waals surface area (Å²) in [6, 6.07) is 5.96. The van der Waals surface area contributed by atoms with Crippen LogP contribution in [0.15, 0.2) is 18.2 Å². The van der Waals surface area contributed by atoms with Crippen LogP contribution < -0.4 is 0 Å². The molecule has 0 radical (unpaired) electrons. The third kappa shape index (κ3) is 1.81. The zero-order chi connectivity index (χ0) is 12.0. The maximum Gasteiger partial charge on any atom is 0.178 e. The second-order valence-corrected chi connectivity index (χ2v) is 5.80. The van der Waals surface area contributed by atoms with Gasteiger partial charge in [0.05, 0.1) is 16.1 Å². The highest BCUT2D eigenvalue weighted by Gasteiger charge is 2.41. The highest BCUT2D eigenvalue weighted by atomic mass is 35.5. The van der Waals surface area contributed by atoms with Crippen molar-refractivity contribution in [2.24, 2.45) is 5.41 Å². The van der Waals surface area contributed by atoms with Gasteiger partial charge in [0.25, 0.3) is 0 Å². The predicted octanol–water partition coefficient (Wildman–Crippen LogP) is 4.54. The van der Waals surface area contributed by atoms with E-state index in [1.807, 2.05) is 12.1 Å². The van der Waals surface area contributed by atoms with E-state index in [4.69, 9.17) is 23.8 Å². The van der Waals surface area contributed by atoms with Crippen LogP contribution in [0.5, 0.6) is 0 Å². The van der Waals surface area contributed by atoms with Gasteiger partial charge in [-0.05, 0) is 49.0 Å². The third-order valence-electron chi connectivity index (χ3n) is 3.96. The van der Waals surface area contributed by atoms with Crippen molar-refractivity contribution in [1.82, 2.24) is 9.55 Å². The summed E-state index contributed by atoms with van der Waals surface area (Å²) in [5.74, 6) is 0. The van der Waals surface area contributed by atoms with E-state index in [1.54, 1.807) is 0 Å². The molecule has 1 fully saturated rings. The number of nitrogens with one attached hydrogen (secondary N) is 1. The van der Waals surface area contributed by atoms with Crippen LogP contribution >= 0.6 is 23.8 Å². The molecule has 2 nitrogen and oxygen atoms in total. The maximum atomic E-state index is 6.17. The number of nitrogens with zero attached hydrogens (tertiary/aromatic N) is 1. The molecule has 1 N–H and O–H groups in total. The molecule has 0 spiro atoms. The lowest BCUT2D eigenvalue weighted by molar-refractivity contribution is 0.413. The predicted molar refractivity (Wildman–Crippen MR) is 74.1 cm³/mol. The first-order valence-electron chi connectivity index (χ1n) is 6.02. The van der Waals surface area contributed by atoms with Gasteiger partial charge in [0.1, 0.15) is 0 Å². The molecule has 1 heterocycles. The fourth-order valence-corrected chi connectivity index (χ4v) is 2.92. The summed E-state index contributed by atoms with van der Waals surface area (Å²) in [7, 11) is 0. The molecule has 1 saturated carbocycles. The van der Waals surface area contributed by atoms with Crippen molar-refractivity contribution in [3.8, 4) is 0 Å². The monoisotopic (exact) mass is 266 g/mol. The summed E-state index contributed by atoms with van der Waals surface area (Å²) in [6.07, 6.45) is 3.86. The van der Waals surface area contributed by atoms with Gasteiger partial charge in [0, 0.05) is 6.54 Å². The summed E-state index contributed by atoms with van der Waals surface area (Å²) in [6.45, 7) is 3.28. The van der Waals surface area contributed by atoms with Gasteiger partial charge < -0.3 is 9.55 Å². The average Bonchev–Trinajstić information content (AvgIpc) is 3.02. The van der Waals surface area contributed by atoms with Crippen LogP contribution in [0.4, 0.5) is 0 Å². The molecule has 0 unspecified atom stereocenters. The standard InChI is InChI=1S/C13H15ClN2S/c1-2-13(6-7-13)8-16-10-5-3-4-9(14)11(10)15-12(16)17/h3-5H,2,6-8H2,1H3,(H,15,17). The molecule has 1 aromatic carbocycles. The molecule has 0 bridgehead atoms. The number of para-hydroxylation sites is 1. The molecule has 17 heavy (non-hydrogen) atoms. The molecule has 0 aliphatic heterocycles. The highest BCUT2D eigenvalue weighted by Crippen LogP contribution is 2.50. The molecule has 0 atom stereocenters. The molecule has 0 saturated heterocycles. The number of benzene rings is 1. The molecule has 1 aliphatic rings. The molecule has 1 aromatic heterocycles. The van der Waals surface area contributed by atoms with Crippen molar-refractivity contribution in [3.05, 3.63) is 28.0 Å². The molecule has 2 aromatic rings. The fourth-order valence-electron chi connectivity index (χ4n) is 2.44. The van der Waals surface area contributed by atoms with Crippen molar-refractivity contribution in [3.63, 3.8) is 0 Å². The molecule has 90 valence electrons. The van der Waals surface area contributed by atoms with E-state index in [-0.39, 0.29) is 0 Å². The first-order valence-corrected chi connectivity index (χ1v) is 6.81. The quantitative estimate of drug-likeness (QED) is 0.809. The Morgan fingerprint density at radius 2 is 2.24 bits per heavy atom. The van der Waals surface area contributed by atoms with Gasteiger partial charge >= 0.3 is 0 Å². The number of hydrogen-bond acceptors (Lipinski definition) is 1. The second-order valence-electron chi connectivity index (χ2n) is 5.00. The van der Waals surface area contributed by atoms with Crippen LogP contribution in [0.3, 0.4) is 0 Å². The first kappa shape index (κ1) is 11.3. The number of aromatic amines is 1. The Bertz CT molecular complexity index is 622. The van der Waals surface area contributed by atoms with E-state index in [1.165, 1.54) is 19.3 Å². The van der Waals surface area contributed by atoms with Crippen molar-refractivity contribution in [2.45, 2.75) is 32.7 Å².